The van der Waals surface area contributed by atoms with E-state index in [1.165, 1.54) is 0 Å². The fraction of sp³-hybridized carbons (Fsp3) is 0.333. The predicted octanol–water partition coefficient (Wildman–Crippen LogP) is 2.49. The molecule has 1 aromatic heterocycles. The van der Waals surface area contributed by atoms with Gasteiger partial charge in [0, 0.05) is 12.7 Å². The van der Waals surface area contributed by atoms with Crippen LogP contribution in [-0.2, 0) is 5.60 Å². The van der Waals surface area contributed by atoms with Gasteiger partial charge in [-0.3, -0.25) is 4.98 Å². The Morgan fingerprint density at radius 1 is 1.21 bits per heavy atom. The van der Waals surface area contributed by atoms with E-state index >= 15 is 0 Å². The molecular formula is C15H19N3O. The largest absolute Gasteiger partial charge is 0.385 e. The molecule has 2 rings (SSSR count). The zero-order valence-electron chi connectivity index (χ0n) is 11.3. The van der Waals surface area contributed by atoms with E-state index in [0.29, 0.717) is 13.0 Å². The van der Waals surface area contributed by atoms with Crippen LogP contribution in [0, 0.1) is 6.92 Å². The fourth-order valence-electron chi connectivity index (χ4n) is 1.92. The second-order valence-corrected chi connectivity index (χ2v) is 4.86. The van der Waals surface area contributed by atoms with E-state index in [-0.39, 0.29) is 0 Å². The second kappa shape index (κ2) is 5.80. The maximum Gasteiger partial charge on any atom is 0.144 e. The molecule has 1 atom stereocenters. The Morgan fingerprint density at radius 2 is 1.95 bits per heavy atom. The van der Waals surface area contributed by atoms with Gasteiger partial charge in [0.15, 0.2) is 0 Å². The number of nitrogens with zero attached hydrogens (tertiary/aromatic N) is 2. The van der Waals surface area contributed by atoms with Gasteiger partial charge >= 0.3 is 0 Å². The van der Waals surface area contributed by atoms with Crippen molar-refractivity contribution in [1.29, 1.82) is 0 Å². The molecule has 0 aliphatic carbocycles. The number of aryl methyl sites for hydroxylation is 1. The lowest BCUT2D eigenvalue weighted by atomic mass is 9.93. The summed E-state index contributed by atoms with van der Waals surface area (Å²) in [5.41, 5.74) is 0.956. The van der Waals surface area contributed by atoms with Crippen LogP contribution in [0.5, 0.6) is 0 Å². The minimum Gasteiger partial charge on any atom is -0.385 e. The summed E-state index contributed by atoms with van der Waals surface area (Å²) >= 11 is 0. The number of rotatable bonds is 5. The summed E-state index contributed by atoms with van der Waals surface area (Å²) in [6.07, 6.45) is 4.00. The number of anilines is 1. The standard InChI is InChI=1S/C15H19N3O/c1-12-10-16-11-14(18-12)17-9-8-15(2,19)13-6-4-3-5-7-13/h3-7,10-11,19H,8-9H2,1-2H3,(H,17,18). The number of nitrogens with one attached hydrogen (secondary N) is 1. The SMILES string of the molecule is Cc1cncc(NCCC(C)(O)c2ccccc2)n1. The van der Waals surface area contributed by atoms with Crippen molar-refractivity contribution in [2.24, 2.45) is 0 Å². The van der Waals surface area contributed by atoms with Gasteiger partial charge in [-0.05, 0) is 25.8 Å². The second-order valence-electron chi connectivity index (χ2n) is 4.86. The minimum absolute atomic E-state index is 0.604. The molecule has 2 N–H and O–H groups in total. The number of benzene rings is 1. The summed E-state index contributed by atoms with van der Waals surface area (Å²) in [4.78, 5) is 8.38. The fourth-order valence-corrected chi connectivity index (χ4v) is 1.92. The predicted molar refractivity (Wildman–Crippen MR) is 75.9 cm³/mol. The lowest BCUT2D eigenvalue weighted by Gasteiger charge is -2.24. The van der Waals surface area contributed by atoms with Gasteiger partial charge in [-0.2, -0.15) is 0 Å². The van der Waals surface area contributed by atoms with Crippen molar-refractivity contribution in [3.05, 3.63) is 54.0 Å². The smallest absolute Gasteiger partial charge is 0.144 e. The van der Waals surface area contributed by atoms with E-state index in [9.17, 15) is 5.11 Å². The zero-order valence-corrected chi connectivity index (χ0v) is 11.3. The van der Waals surface area contributed by atoms with Crippen molar-refractivity contribution >= 4 is 5.82 Å². The highest BCUT2D eigenvalue weighted by Gasteiger charge is 2.21. The van der Waals surface area contributed by atoms with Crippen LogP contribution in [0.2, 0.25) is 0 Å². The summed E-state index contributed by atoms with van der Waals surface area (Å²) in [5, 5.41) is 13.6. The molecule has 0 amide bonds. The van der Waals surface area contributed by atoms with Crippen LogP contribution in [0.3, 0.4) is 0 Å². The van der Waals surface area contributed by atoms with Crippen molar-refractivity contribution < 1.29 is 5.11 Å². The first-order chi connectivity index (χ1) is 9.08. The molecule has 4 heteroatoms. The van der Waals surface area contributed by atoms with Crippen LogP contribution >= 0.6 is 0 Å². The van der Waals surface area contributed by atoms with Crippen LogP contribution < -0.4 is 5.32 Å². The van der Waals surface area contributed by atoms with E-state index in [4.69, 9.17) is 0 Å². The molecule has 2 aromatic rings. The van der Waals surface area contributed by atoms with Gasteiger partial charge in [0.2, 0.25) is 0 Å². The molecule has 0 bridgehead atoms. The van der Waals surface area contributed by atoms with Crippen LogP contribution in [0.1, 0.15) is 24.6 Å². The Morgan fingerprint density at radius 3 is 2.63 bits per heavy atom. The third kappa shape index (κ3) is 3.76. The zero-order chi connectivity index (χ0) is 13.7. The lowest BCUT2D eigenvalue weighted by molar-refractivity contribution is 0.0515. The van der Waals surface area contributed by atoms with Crippen molar-refractivity contribution in [2.75, 3.05) is 11.9 Å². The Hall–Kier alpha value is -1.94. The average Bonchev–Trinajstić information content (AvgIpc) is 2.40. The molecule has 0 aliphatic rings. The number of aromatic nitrogens is 2. The molecule has 0 spiro atoms. The first kappa shape index (κ1) is 13.5. The van der Waals surface area contributed by atoms with E-state index in [0.717, 1.165) is 17.1 Å². The lowest BCUT2D eigenvalue weighted by Crippen LogP contribution is -2.24. The van der Waals surface area contributed by atoms with E-state index in [1.807, 2.05) is 44.2 Å². The molecule has 1 heterocycles. The Balaban J connectivity index is 1.92. The summed E-state index contributed by atoms with van der Waals surface area (Å²) < 4.78 is 0. The number of aliphatic hydroxyl groups is 1. The summed E-state index contributed by atoms with van der Waals surface area (Å²) in [5.74, 6) is 0.740. The molecule has 0 saturated heterocycles. The van der Waals surface area contributed by atoms with Gasteiger partial charge in [0.05, 0.1) is 17.5 Å². The highest BCUT2D eigenvalue weighted by atomic mass is 16.3. The molecule has 4 nitrogen and oxygen atoms in total. The first-order valence-corrected chi connectivity index (χ1v) is 6.38. The molecule has 100 valence electrons. The number of hydrogen-bond acceptors (Lipinski definition) is 4. The van der Waals surface area contributed by atoms with Crippen LogP contribution in [0.4, 0.5) is 5.82 Å². The van der Waals surface area contributed by atoms with E-state index in [1.54, 1.807) is 12.4 Å². The third-order valence-corrected chi connectivity index (χ3v) is 3.07. The number of hydrogen-bond donors (Lipinski definition) is 2. The maximum atomic E-state index is 10.4. The van der Waals surface area contributed by atoms with Crippen molar-refractivity contribution in [1.82, 2.24) is 9.97 Å². The molecule has 0 aliphatic heterocycles. The van der Waals surface area contributed by atoms with Gasteiger partial charge < -0.3 is 10.4 Å². The quantitative estimate of drug-likeness (QED) is 0.864. The summed E-state index contributed by atoms with van der Waals surface area (Å²) in [7, 11) is 0. The molecular weight excluding hydrogens is 238 g/mol. The highest BCUT2D eigenvalue weighted by molar-refractivity contribution is 5.31. The van der Waals surface area contributed by atoms with Gasteiger partial charge in [0.25, 0.3) is 0 Å². The molecule has 19 heavy (non-hydrogen) atoms. The maximum absolute atomic E-state index is 10.4. The normalized spacial score (nSPS) is 13.8. The molecule has 0 saturated carbocycles. The molecule has 0 fully saturated rings. The molecule has 1 unspecified atom stereocenters. The van der Waals surface area contributed by atoms with Crippen LogP contribution in [0.25, 0.3) is 0 Å². The van der Waals surface area contributed by atoms with E-state index in [2.05, 4.69) is 15.3 Å². The Kier molecular flexibility index (Phi) is 4.12. The average molecular weight is 257 g/mol. The minimum atomic E-state index is -0.842. The monoisotopic (exact) mass is 257 g/mol. The van der Waals surface area contributed by atoms with Gasteiger partial charge in [0.1, 0.15) is 5.82 Å². The van der Waals surface area contributed by atoms with Crippen molar-refractivity contribution in [3.63, 3.8) is 0 Å². The van der Waals surface area contributed by atoms with Crippen LogP contribution in [0.15, 0.2) is 42.7 Å². The third-order valence-electron chi connectivity index (χ3n) is 3.07. The molecule has 0 radical (unpaired) electrons. The van der Waals surface area contributed by atoms with Crippen LogP contribution in [-0.4, -0.2) is 21.6 Å². The van der Waals surface area contributed by atoms with Gasteiger partial charge in [-0.15, -0.1) is 0 Å². The van der Waals surface area contributed by atoms with Gasteiger partial charge in [-0.25, -0.2) is 4.98 Å². The Labute approximate surface area is 113 Å². The summed E-state index contributed by atoms with van der Waals surface area (Å²) in [6, 6.07) is 9.69. The Bertz CT molecular complexity index is 526. The molecule has 1 aromatic carbocycles. The van der Waals surface area contributed by atoms with Crippen molar-refractivity contribution in [3.8, 4) is 0 Å². The first-order valence-electron chi connectivity index (χ1n) is 6.38. The van der Waals surface area contributed by atoms with Gasteiger partial charge in [-0.1, -0.05) is 30.3 Å². The summed E-state index contributed by atoms with van der Waals surface area (Å²) in [6.45, 7) is 4.37. The topological polar surface area (TPSA) is 58.0 Å². The van der Waals surface area contributed by atoms with E-state index < -0.39 is 5.60 Å². The highest BCUT2D eigenvalue weighted by Crippen LogP contribution is 2.23. The van der Waals surface area contributed by atoms with Crippen molar-refractivity contribution in [2.45, 2.75) is 25.9 Å².